The lowest BCUT2D eigenvalue weighted by atomic mass is 9.80. The number of nitrogens with two attached hydrogens (primary N) is 2. The fourth-order valence-electron chi connectivity index (χ4n) is 9.69. The number of benzene rings is 6. The molecule has 0 bridgehead atoms. The number of rotatable bonds is 43. The summed E-state index contributed by atoms with van der Waals surface area (Å²) in [4.78, 5) is 66.7. The van der Waals surface area contributed by atoms with E-state index in [1.54, 1.807) is 28.4 Å². The molecule has 0 unspecified atom stereocenters. The molecule has 0 atom stereocenters. The molecule has 0 amide bonds. The first-order chi connectivity index (χ1) is 48.7. The summed E-state index contributed by atoms with van der Waals surface area (Å²) in [6.45, 7) is 11.5. The van der Waals surface area contributed by atoms with Gasteiger partial charge in [0.1, 0.15) is 53.2 Å². The zero-order valence-electron chi connectivity index (χ0n) is 61.0. The maximum absolute atomic E-state index is 12.4. The third-order valence-corrected chi connectivity index (χ3v) is 21.5. The van der Waals surface area contributed by atoms with Crippen molar-refractivity contribution in [2.45, 2.75) is 109 Å². The highest BCUT2D eigenvalue weighted by molar-refractivity contribution is 6.59. The van der Waals surface area contributed by atoms with Gasteiger partial charge in [-0.15, -0.1) is 0 Å². The molecular formula is C74H110N2O22Si3. The van der Waals surface area contributed by atoms with Gasteiger partial charge in [0, 0.05) is 73.2 Å². The van der Waals surface area contributed by atoms with Crippen molar-refractivity contribution in [3.63, 3.8) is 0 Å². The van der Waals surface area contributed by atoms with Crippen LogP contribution >= 0.6 is 0 Å². The second-order valence-electron chi connectivity index (χ2n) is 21.9. The first-order valence-electron chi connectivity index (χ1n) is 33.7. The fraction of sp³-hybridized carbons (Fsp3) is 0.459. The molecular weight excluding hydrogens is 1350 g/mol. The van der Waals surface area contributed by atoms with Gasteiger partial charge in [-0.3, -0.25) is 19.2 Å². The van der Waals surface area contributed by atoms with E-state index in [0.717, 1.165) is 64.3 Å². The number of aliphatic carboxylic acids is 1. The highest BCUT2D eigenvalue weighted by atomic mass is 28.4. The quantitative estimate of drug-likeness (QED) is 0.0103. The third-order valence-electron chi connectivity index (χ3n) is 15.2. The molecule has 0 spiro atoms. The number of ether oxygens (including phenoxy) is 8. The van der Waals surface area contributed by atoms with Gasteiger partial charge in [-0.2, -0.15) is 0 Å². The lowest BCUT2D eigenvalue weighted by Gasteiger charge is -2.36. The Labute approximate surface area is 601 Å². The zero-order valence-corrected chi connectivity index (χ0v) is 64.1. The van der Waals surface area contributed by atoms with Crippen molar-refractivity contribution in [1.29, 1.82) is 0 Å². The molecule has 0 aliphatic carbocycles. The van der Waals surface area contributed by atoms with Gasteiger partial charge in [0.25, 0.3) is 0 Å². The SMILES string of the molecule is CCCN.CCO[SiH](OCC)OCC.CO[Si](O)(CCCN)OC.COc1ccc(C(OCCOC(=O)CCC(=O)CCCC[Si](O)(OC)OC)(c2ccccc2)c2ccc(OC)cc2)cc1.COc1ccc(C(OCCOC(=O)CCC(=O)O)(c2ccccc2)c2ccc(OC)cc2)cc1. The van der Waals surface area contributed by atoms with Crippen LogP contribution in [-0.2, 0) is 80.3 Å². The van der Waals surface area contributed by atoms with Crippen LogP contribution in [0.4, 0.5) is 0 Å². The standard InChI is InChI=1S/C33H42O9Si.C27H28O7.C6H16O3Si.C5H15NO3Si.C3H9N/c1-37-30-18-13-27(14-19-30)33(26-10-6-5-7-11-26,28-15-20-31(38-2)21-16-28)42-24-23-41-32(35)22-17-29(34)12-8-9-25-43(36,39-3)40-4;1-31-23-12-8-21(9-13-23)27(20-6-4-3-5-7-20,22-10-14-24(32-2)15-11-22)34-19-18-33-26(30)17-16-25(28)29;1-4-7-10(8-5-2)9-6-3;1-8-10(7,9-2)5-3-4-6;1-2-3-4/h5-7,10-11,13-16,18-21,36H,8-9,12,17,22-25H2,1-4H3;3-15H,16-19H2,1-2H3,(H,28,29);10H,4-6H2,1-3H3;7H,3-6H2,1-2H3;2-4H2,1H3. The Morgan fingerprint density at radius 2 is 0.703 bits per heavy atom. The first-order valence-corrected chi connectivity index (χ1v) is 39.0. The molecule has 6 aromatic carbocycles. The zero-order chi connectivity index (χ0) is 74.8. The van der Waals surface area contributed by atoms with Gasteiger partial charge in [-0.05, 0) is 141 Å². The largest absolute Gasteiger partial charge is 0.497 e. The molecule has 6 rings (SSSR count). The lowest BCUT2D eigenvalue weighted by molar-refractivity contribution is -0.149. The Morgan fingerprint density at radius 3 is 0.980 bits per heavy atom. The Balaban J connectivity index is 0.000000524. The molecule has 0 aliphatic rings. The highest BCUT2D eigenvalue weighted by Gasteiger charge is 2.40. The van der Waals surface area contributed by atoms with Crippen molar-refractivity contribution in [2.75, 3.05) is 116 Å². The Kier molecular flexibility index (Phi) is 46.1. The minimum absolute atomic E-state index is 0.00551. The summed E-state index contributed by atoms with van der Waals surface area (Å²) in [5, 5.41) is 8.74. The van der Waals surface area contributed by atoms with Crippen molar-refractivity contribution < 1.29 is 103 Å². The molecule has 0 heterocycles. The van der Waals surface area contributed by atoms with Crippen LogP contribution in [0.25, 0.3) is 0 Å². The van der Waals surface area contributed by atoms with Crippen molar-refractivity contribution >= 4 is 50.8 Å². The van der Waals surface area contributed by atoms with Crippen LogP contribution in [0, 0.1) is 0 Å². The van der Waals surface area contributed by atoms with Crippen molar-refractivity contribution in [2.24, 2.45) is 11.5 Å². The molecule has 6 aromatic rings. The van der Waals surface area contributed by atoms with E-state index in [9.17, 15) is 28.8 Å². The van der Waals surface area contributed by atoms with E-state index in [1.165, 1.54) is 28.4 Å². The highest BCUT2D eigenvalue weighted by Crippen LogP contribution is 2.43. The normalized spacial score (nSPS) is 11.2. The van der Waals surface area contributed by atoms with E-state index in [0.29, 0.717) is 69.2 Å². The summed E-state index contributed by atoms with van der Waals surface area (Å²) in [7, 11) is 4.53. The van der Waals surface area contributed by atoms with E-state index >= 15 is 0 Å². The Morgan fingerprint density at radius 1 is 0.396 bits per heavy atom. The number of carboxylic acids is 1. The Bertz CT molecular complexity index is 3020. The molecule has 0 aromatic heterocycles. The average molecular weight is 1460 g/mol. The summed E-state index contributed by atoms with van der Waals surface area (Å²) < 4.78 is 80.6. The molecule has 0 radical (unpaired) electrons. The van der Waals surface area contributed by atoms with Crippen molar-refractivity contribution in [3.05, 3.63) is 191 Å². The minimum atomic E-state index is -3.12. The Hall–Kier alpha value is -7.27. The molecule has 0 fully saturated rings. The van der Waals surface area contributed by atoms with Gasteiger partial charge in [-0.1, -0.05) is 116 Å². The van der Waals surface area contributed by atoms with E-state index < -0.39 is 56.2 Å². The summed E-state index contributed by atoms with van der Waals surface area (Å²) in [6, 6.07) is 51.1. The molecule has 24 nitrogen and oxygen atoms in total. The van der Waals surface area contributed by atoms with Crippen molar-refractivity contribution in [1.82, 2.24) is 0 Å². The topological polar surface area (TPSA) is 319 Å². The van der Waals surface area contributed by atoms with Gasteiger partial charge in [0.05, 0.1) is 60.9 Å². The van der Waals surface area contributed by atoms with E-state index in [4.69, 9.17) is 85.5 Å². The van der Waals surface area contributed by atoms with Gasteiger partial charge >= 0.3 is 45.0 Å². The second-order valence-corrected chi connectivity index (χ2v) is 28.9. The lowest BCUT2D eigenvalue weighted by Crippen LogP contribution is -2.40. The van der Waals surface area contributed by atoms with Crippen LogP contribution in [0.5, 0.6) is 23.0 Å². The molecule has 7 N–H and O–H groups in total. The van der Waals surface area contributed by atoms with Crippen LogP contribution in [0.15, 0.2) is 158 Å². The van der Waals surface area contributed by atoms with Gasteiger partial charge in [-0.25, -0.2) is 0 Å². The number of carbonyl (C=O) groups is 4. The maximum Gasteiger partial charge on any atom is 0.497 e. The predicted octanol–water partition coefficient (Wildman–Crippen LogP) is 10.4. The molecule has 101 heavy (non-hydrogen) atoms. The fourth-order valence-corrected chi connectivity index (χ4v) is 13.3. The van der Waals surface area contributed by atoms with E-state index in [1.807, 2.05) is 178 Å². The smallest absolute Gasteiger partial charge is 0.497 e. The number of carboxylic acid groups (broad SMARTS) is 1. The minimum Gasteiger partial charge on any atom is -0.497 e. The van der Waals surface area contributed by atoms with Gasteiger partial charge in [0.2, 0.25) is 0 Å². The summed E-state index contributed by atoms with van der Waals surface area (Å²) in [5.41, 5.74) is 13.5. The van der Waals surface area contributed by atoms with Crippen molar-refractivity contribution in [3.8, 4) is 23.0 Å². The number of esters is 2. The summed E-state index contributed by atoms with van der Waals surface area (Å²) in [5.74, 6) is 0.752. The number of carbonyl (C=O) groups excluding carboxylic acids is 3. The number of Topliss-reactive ketones (excluding diaryl/α,β-unsaturated/α-hetero) is 1. The number of methoxy groups -OCH3 is 4. The van der Waals surface area contributed by atoms with E-state index in [2.05, 4.69) is 6.92 Å². The predicted molar refractivity (Wildman–Crippen MR) is 392 cm³/mol. The third kappa shape index (κ3) is 32.3. The number of ketones is 1. The van der Waals surface area contributed by atoms with Crippen LogP contribution in [0.2, 0.25) is 12.1 Å². The molecule has 0 saturated heterocycles. The van der Waals surface area contributed by atoms with Crippen LogP contribution < -0.4 is 30.4 Å². The molecule has 27 heteroatoms. The average Bonchev–Trinajstić information content (AvgIpc) is 0.764. The second kappa shape index (κ2) is 51.8. The number of unbranched alkanes of at least 4 members (excludes halogenated alkanes) is 1. The molecule has 0 saturated carbocycles. The first kappa shape index (κ1) is 89.8. The molecule has 0 aliphatic heterocycles. The number of hydrogen-bond acceptors (Lipinski definition) is 23. The summed E-state index contributed by atoms with van der Waals surface area (Å²) >= 11 is 0. The maximum atomic E-state index is 12.4. The van der Waals surface area contributed by atoms with E-state index in [-0.39, 0.29) is 57.9 Å². The summed E-state index contributed by atoms with van der Waals surface area (Å²) in [6.07, 6.45) is 2.98. The number of hydrogen-bond donors (Lipinski definition) is 5. The van der Waals surface area contributed by atoms with Gasteiger partial charge in [0.15, 0.2) is 0 Å². The monoisotopic (exact) mass is 1460 g/mol. The van der Waals surface area contributed by atoms with Gasteiger partial charge < -0.3 is 95.0 Å². The van der Waals surface area contributed by atoms with Crippen LogP contribution in [-0.4, -0.2) is 182 Å². The van der Waals surface area contributed by atoms with Crippen LogP contribution in [0.3, 0.4) is 0 Å². The van der Waals surface area contributed by atoms with Crippen LogP contribution in [0.1, 0.15) is 119 Å². The molecule has 560 valence electrons.